The molecule has 2 rings (SSSR count). The van der Waals surface area contributed by atoms with E-state index >= 15 is 0 Å². The van der Waals surface area contributed by atoms with E-state index < -0.39 is 11.3 Å². The number of carbonyl (C=O) groups excluding carboxylic acids is 2. The first kappa shape index (κ1) is 20.7. The molecule has 5 nitrogen and oxygen atoms in total. The lowest BCUT2D eigenvalue weighted by Crippen LogP contribution is -2.33. The lowest BCUT2D eigenvalue weighted by molar-refractivity contribution is -0.125. The molecule has 26 heavy (non-hydrogen) atoms. The summed E-state index contributed by atoms with van der Waals surface area (Å²) in [6, 6.07) is 4.87. The van der Waals surface area contributed by atoms with Gasteiger partial charge < -0.3 is 5.73 Å². The minimum absolute atomic E-state index is 0.0782. The molecule has 2 N–H and O–H groups in total. The molecule has 0 fully saturated rings. The molecule has 2 aromatic rings. The van der Waals surface area contributed by atoms with Crippen LogP contribution in [0.15, 0.2) is 29.6 Å². The number of aromatic nitrogens is 2. The second-order valence-electron chi connectivity index (χ2n) is 6.49. The van der Waals surface area contributed by atoms with Crippen molar-refractivity contribution < 1.29 is 9.59 Å². The molecule has 0 atom stereocenters. The maximum atomic E-state index is 12.7. The van der Waals surface area contributed by atoms with Crippen LogP contribution >= 0.6 is 35.0 Å². The second-order valence-corrected chi connectivity index (χ2v) is 8.07. The molecule has 0 radical (unpaired) electrons. The van der Waals surface area contributed by atoms with Gasteiger partial charge in [0, 0.05) is 22.2 Å². The highest BCUT2D eigenvalue weighted by Crippen LogP contribution is 2.32. The van der Waals surface area contributed by atoms with Gasteiger partial charge in [-0.3, -0.25) is 9.59 Å². The summed E-state index contributed by atoms with van der Waals surface area (Å²) in [5, 5.41) is 1.25. The topological polar surface area (TPSA) is 85.9 Å². The summed E-state index contributed by atoms with van der Waals surface area (Å²) in [6.45, 7) is 3.44. The Balaban J connectivity index is 2.34. The fraction of sp³-hybridized carbons (Fsp3) is 0.333. The summed E-state index contributed by atoms with van der Waals surface area (Å²) in [4.78, 5) is 32.7. The monoisotopic (exact) mass is 411 g/mol. The van der Waals surface area contributed by atoms with Crippen molar-refractivity contribution in [2.24, 2.45) is 11.1 Å². The van der Waals surface area contributed by atoms with E-state index in [4.69, 9.17) is 28.9 Å². The van der Waals surface area contributed by atoms with Crippen LogP contribution in [0.25, 0.3) is 0 Å². The number of primary amides is 1. The molecule has 0 aliphatic rings. The highest BCUT2D eigenvalue weighted by atomic mass is 35.5. The molecule has 0 bridgehead atoms. The van der Waals surface area contributed by atoms with Gasteiger partial charge in [0.2, 0.25) is 5.91 Å². The Hall–Kier alpha value is -1.63. The van der Waals surface area contributed by atoms with Crippen molar-refractivity contribution in [1.29, 1.82) is 0 Å². The molecule has 1 heterocycles. The quantitative estimate of drug-likeness (QED) is 0.422. The minimum atomic E-state index is -0.811. The fourth-order valence-electron chi connectivity index (χ4n) is 2.37. The first-order chi connectivity index (χ1) is 12.1. The molecule has 0 aliphatic carbocycles. The smallest absolute Gasteiger partial charge is 0.223 e. The van der Waals surface area contributed by atoms with Gasteiger partial charge in [0.1, 0.15) is 0 Å². The van der Waals surface area contributed by atoms with Crippen LogP contribution in [0.5, 0.6) is 0 Å². The number of ketones is 1. The van der Waals surface area contributed by atoms with Gasteiger partial charge in [-0.15, -0.1) is 0 Å². The average Bonchev–Trinajstić information content (AvgIpc) is 2.57. The summed E-state index contributed by atoms with van der Waals surface area (Å²) in [5.74, 6) is -0.659. The van der Waals surface area contributed by atoms with Gasteiger partial charge in [0.25, 0.3) is 0 Å². The summed E-state index contributed by atoms with van der Waals surface area (Å²) >= 11 is 14.0. The Kier molecular flexibility index (Phi) is 6.66. The number of amides is 1. The van der Waals surface area contributed by atoms with Crippen molar-refractivity contribution in [2.75, 3.05) is 6.26 Å². The number of hydrogen-bond donors (Lipinski definition) is 1. The molecule has 0 unspecified atom stereocenters. The van der Waals surface area contributed by atoms with Gasteiger partial charge >= 0.3 is 0 Å². The Morgan fingerprint density at radius 3 is 2.58 bits per heavy atom. The number of halogens is 2. The van der Waals surface area contributed by atoms with Crippen LogP contribution in [0.1, 0.15) is 35.5 Å². The molecule has 138 valence electrons. The number of Topliss-reactive ketones (excluding diaryl/α,β-unsaturated/α-hetero) is 1. The number of hydrogen-bond acceptors (Lipinski definition) is 5. The van der Waals surface area contributed by atoms with Crippen molar-refractivity contribution in [3.05, 3.63) is 51.3 Å². The van der Waals surface area contributed by atoms with Gasteiger partial charge in [-0.2, -0.15) is 0 Å². The van der Waals surface area contributed by atoms with Crippen LogP contribution in [-0.2, 0) is 17.6 Å². The van der Waals surface area contributed by atoms with Crippen LogP contribution in [-0.4, -0.2) is 27.9 Å². The van der Waals surface area contributed by atoms with Crippen LogP contribution in [0.2, 0.25) is 10.0 Å². The Morgan fingerprint density at radius 2 is 1.96 bits per heavy atom. The van der Waals surface area contributed by atoms with Crippen LogP contribution in [0, 0.1) is 5.41 Å². The predicted molar refractivity (Wildman–Crippen MR) is 105 cm³/mol. The number of benzene rings is 1. The fourth-order valence-corrected chi connectivity index (χ4v) is 3.27. The zero-order valence-electron chi connectivity index (χ0n) is 14.7. The summed E-state index contributed by atoms with van der Waals surface area (Å²) in [5.41, 5.74) is 6.14. The zero-order valence-corrected chi connectivity index (χ0v) is 17.0. The number of nitrogens with zero attached hydrogens (tertiary/aromatic N) is 2. The van der Waals surface area contributed by atoms with Crippen molar-refractivity contribution in [3.63, 3.8) is 0 Å². The number of nitrogens with two attached hydrogens (primary N) is 1. The van der Waals surface area contributed by atoms with E-state index in [-0.39, 0.29) is 23.6 Å². The van der Waals surface area contributed by atoms with Gasteiger partial charge in [-0.25, -0.2) is 9.97 Å². The first-order valence-corrected chi connectivity index (χ1v) is 9.79. The summed E-state index contributed by atoms with van der Waals surface area (Å²) in [7, 11) is 0. The SMILES string of the molecule is CSc1nccc(CC(=O)c2cc(Cl)cc(CC(C)(C)C(N)=O)c2Cl)n1. The van der Waals surface area contributed by atoms with Gasteiger partial charge in [0.05, 0.1) is 17.1 Å². The van der Waals surface area contributed by atoms with Crippen LogP contribution in [0.3, 0.4) is 0 Å². The van der Waals surface area contributed by atoms with E-state index in [1.54, 1.807) is 32.2 Å². The molecule has 1 aromatic carbocycles. The Labute approximate surface area is 166 Å². The molecular weight excluding hydrogens is 393 g/mol. The van der Waals surface area contributed by atoms with Crippen molar-refractivity contribution in [3.8, 4) is 0 Å². The average molecular weight is 412 g/mol. The van der Waals surface area contributed by atoms with Crippen LogP contribution in [0.4, 0.5) is 0 Å². The summed E-state index contributed by atoms with van der Waals surface area (Å²) in [6.07, 6.45) is 3.84. The van der Waals surface area contributed by atoms with E-state index in [9.17, 15) is 9.59 Å². The minimum Gasteiger partial charge on any atom is -0.369 e. The maximum Gasteiger partial charge on any atom is 0.223 e. The van der Waals surface area contributed by atoms with Crippen molar-refractivity contribution >= 4 is 46.7 Å². The molecule has 1 aromatic heterocycles. The van der Waals surface area contributed by atoms with Crippen molar-refractivity contribution in [1.82, 2.24) is 9.97 Å². The van der Waals surface area contributed by atoms with E-state index in [1.807, 2.05) is 6.26 Å². The number of rotatable bonds is 7. The summed E-state index contributed by atoms with van der Waals surface area (Å²) < 4.78 is 0. The first-order valence-electron chi connectivity index (χ1n) is 7.81. The highest BCUT2D eigenvalue weighted by molar-refractivity contribution is 7.98. The normalized spacial score (nSPS) is 11.4. The third kappa shape index (κ3) is 4.96. The molecule has 1 amide bonds. The van der Waals surface area contributed by atoms with Gasteiger partial charge in [-0.05, 0) is 36.4 Å². The highest BCUT2D eigenvalue weighted by Gasteiger charge is 2.28. The lowest BCUT2D eigenvalue weighted by Gasteiger charge is -2.22. The Bertz CT molecular complexity index is 856. The standard InChI is InChI=1S/C18H19Cl2N3O2S/c1-18(2,16(21)25)9-10-6-11(19)7-13(15(10)20)14(24)8-12-4-5-22-17(23-12)26-3/h4-7H,8-9H2,1-3H3,(H2,21,25). The molecule has 0 spiro atoms. The second kappa shape index (κ2) is 8.37. The van der Waals surface area contributed by atoms with E-state index in [2.05, 4.69) is 9.97 Å². The van der Waals surface area contributed by atoms with Gasteiger partial charge in [0.15, 0.2) is 10.9 Å². The van der Waals surface area contributed by atoms with E-state index in [1.165, 1.54) is 17.8 Å². The third-order valence-corrected chi connectivity index (χ3v) is 5.15. The largest absolute Gasteiger partial charge is 0.369 e. The lowest BCUT2D eigenvalue weighted by atomic mass is 9.84. The van der Waals surface area contributed by atoms with Crippen LogP contribution < -0.4 is 5.73 Å². The molecular formula is C18H19Cl2N3O2S. The maximum absolute atomic E-state index is 12.7. The van der Waals surface area contributed by atoms with E-state index in [0.717, 1.165) is 0 Å². The molecule has 0 aliphatic heterocycles. The predicted octanol–water partition coefficient (Wildman–Crippen LogP) is 3.98. The third-order valence-electron chi connectivity index (χ3n) is 3.93. The number of carbonyl (C=O) groups is 2. The Morgan fingerprint density at radius 1 is 1.27 bits per heavy atom. The van der Waals surface area contributed by atoms with Gasteiger partial charge in [-0.1, -0.05) is 48.8 Å². The molecule has 0 saturated heterocycles. The zero-order chi connectivity index (χ0) is 19.5. The van der Waals surface area contributed by atoms with Crippen molar-refractivity contribution in [2.45, 2.75) is 31.8 Å². The molecule has 8 heteroatoms. The van der Waals surface area contributed by atoms with E-state index in [0.29, 0.717) is 27.0 Å². The number of thioether (sulfide) groups is 1. The molecule has 0 saturated carbocycles.